The van der Waals surface area contributed by atoms with Crippen molar-refractivity contribution in [3.63, 3.8) is 0 Å². The molecule has 2 aliphatic rings. The molecule has 2 saturated heterocycles. The summed E-state index contributed by atoms with van der Waals surface area (Å²) in [5.74, 6) is 1.62. The zero-order valence-electron chi connectivity index (χ0n) is 17.2. The second-order valence-corrected chi connectivity index (χ2v) is 9.24. The van der Waals surface area contributed by atoms with E-state index in [-0.39, 0.29) is 17.9 Å². The molecule has 0 aromatic carbocycles. The first-order valence-electron chi connectivity index (χ1n) is 10.1. The highest BCUT2D eigenvalue weighted by atomic mass is 16.6. The predicted molar refractivity (Wildman–Crippen MR) is 103 cm³/mol. The molecule has 0 saturated carbocycles. The molecule has 150 valence electrons. The fourth-order valence-corrected chi connectivity index (χ4v) is 4.11. The third-order valence-electron chi connectivity index (χ3n) is 5.19. The summed E-state index contributed by atoms with van der Waals surface area (Å²) in [6, 6.07) is 0. The maximum Gasteiger partial charge on any atom is 0.410 e. The average Bonchev–Trinajstić information content (AvgIpc) is 2.52. The van der Waals surface area contributed by atoms with E-state index in [9.17, 15) is 9.59 Å². The van der Waals surface area contributed by atoms with Crippen molar-refractivity contribution < 1.29 is 14.3 Å². The van der Waals surface area contributed by atoms with E-state index in [0.29, 0.717) is 32.5 Å². The molecule has 6 nitrogen and oxygen atoms in total. The lowest BCUT2D eigenvalue weighted by molar-refractivity contribution is -0.126. The molecule has 0 aromatic rings. The first kappa shape index (κ1) is 21.0. The zero-order valence-corrected chi connectivity index (χ0v) is 17.2. The topological polar surface area (TPSA) is 61.9 Å². The van der Waals surface area contributed by atoms with E-state index >= 15 is 0 Å². The lowest BCUT2D eigenvalue weighted by Gasteiger charge is -2.35. The van der Waals surface area contributed by atoms with Gasteiger partial charge < -0.3 is 19.9 Å². The number of hydrogen-bond donors (Lipinski definition) is 1. The summed E-state index contributed by atoms with van der Waals surface area (Å²) in [6.45, 7) is 15.3. The highest BCUT2D eigenvalue weighted by Crippen LogP contribution is 2.21. The van der Waals surface area contributed by atoms with Crippen LogP contribution in [0, 0.1) is 17.8 Å². The molecule has 2 atom stereocenters. The van der Waals surface area contributed by atoms with Crippen LogP contribution in [-0.4, -0.2) is 66.7 Å². The van der Waals surface area contributed by atoms with Gasteiger partial charge in [0.2, 0.25) is 5.91 Å². The highest BCUT2D eigenvalue weighted by Gasteiger charge is 2.30. The summed E-state index contributed by atoms with van der Waals surface area (Å²) in [4.78, 5) is 28.7. The van der Waals surface area contributed by atoms with Gasteiger partial charge in [0.25, 0.3) is 0 Å². The lowest BCUT2D eigenvalue weighted by atomic mass is 9.92. The molecule has 1 N–H and O–H groups in total. The van der Waals surface area contributed by atoms with Crippen molar-refractivity contribution in [1.82, 2.24) is 15.1 Å². The van der Waals surface area contributed by atoms with E-state index in [2.05, 4.69) is 24.1 Å². The van der Waals surface area contributed by atoms with Crippen LogP contribution in [0.25, 0.3) is 0 Å². The van der Waals surface area contributed by atoms with Crippen molar-refractivity contribution in [2.75, 3.05) is 39.3 Å². The number of amides is 2. The van der Waals surface area contributed by atoms with E-state index in [4.69, 9.17) is 4.74 Å². The van der Waals surface area contributed by atoms with Crippen LogP contribution < -0.4 is 5.32 Å². The van der Waals surface area contributed by atoms with E-state index in [1.54, 1.807) is 4.90 Å². The summed E-state index contributed by atoms with van der Waals surface area (Å²) < 4.78 is 5.40. The number of likely N-dealkylation sites (tertiary alicyclic amines) is 2. The number of hydrogen-bond acceptors (Lipinski definition) is 4. The van der Waals surface area contributed by atoms with Gasteiger partial charge in [0.05, 0.1) is 0 Å². The standard InChI is InChI=1S/C20H37N3O3/c1-15-12-16(2)14-22(13-15)11-8-21-18(24)17-6-9-23(10-7-17)19(25)26-20(3,4)5/h15-17H,6-14H2,1-5H3,(H,21,24). The molecule has 26 heavy (non-hydrogen) atoms. The first-order chi connectivity index (χ1) is 12.1. The zero-order chi connectivity index (χ0) is 19.3. The number of carbonyl (C=O) groups is 2. The van der Waals surface area contributed by atoms with Crippen LogP contribution in [0.4, 0.5) is 4.79 Å². The fourth-order valence-electron chi connectivity index (χ4n) is 4.11. The molecule has 2 amide bonds. The summed E-state index contributed by atoms with van der Waals surface area (Å²) in [7, 11) is 0. The molecule has 0 radical (unpaired) electrons. The number of carbonyl (C=O) groups excluding carboxylic acids is 2. The quantitative estimate of drug-likeness (QED) is 0.830. The van der Waals surface area contributed by atoms with Crippen molar-refractivity contribution in [3.8, 4) is 0 Å². The SMILES string of the molecule is CC1CC(C)CN(CCNC(=O)C2CCN(C(=O)OC(C)(C)C)CC2)C1. The van der Waals surface area contributed by atoms with E-state index in [1.165, 1.54) is 6.42 Å². The molecule has 2 rings (SSSR count). The second kappa shape index (κ2) is 9.07. The molecule has 6 heteroatoms. The Morgan fingerprint density at radius 3 is 2.19 bits per heavy atom. The van der Waals surface area contributed by atoms with Gasteiger partial charge in [-0.25, -0.2) is 4.79 Å². The van der Waals surface area contributed by atoms with Gasteiger partial charge in [-0.3, -0.25) is 4.79 Å². The van der Waals surface area contributed by atoms with Crippen LogP contribution in [0.15, 0.2) is 0 Å². The van der Waals surface area contributed by atoms with Gasteiger partial charge >= 0.3 is 6.09 Å². The summed E-state index contributed by atoms with van der Waals surface area (Å²) >= 11 is 0. The summed E-state index contributed by atoms with van der Waals surface area (Å²) in [6.07, 6.45) is 2.45. The maximum atomic E-state index is 12.4. The Labute approximate surface area is 158 Å². The Kier molecular flexibility index (Phi) is 7.33. The monoisotopic (exact) mass is 367 g/mol. The van der Waals surface area contributed by atoms with Crippen molar-refractivity contribution in [2.24, 2.45) is 17.8 Å². The first-order valence-corrected chi connectivity index (χ1v) is 10.1. The Hall–Kier alpha value is -1.30. The number of nitrogens with zero attached hydrogens (tertiary/aromatic N) is 2. The molecule has 2 fully saturated rings. The average molecular weight is 368 g/mol. The smallest absolute Gasteiger partial charge is 0.410 e. The van der Waals surface area contributed by atoms with Gasteiger partial charge in [0.1, 0.15) is 5.60 Å². The third-order valence-corrected chi connectivity index (χ3v) is 5.19. The lowest BCUT2D eigenvalue weighted by Crippen LogP contribution is -2.46. The molecule has 0 aromatic heterocycles. The highest BCUT2D eigenvalue weighted by molar-refractivity contribution is 5.79. The summed E-state index contributed by atoms with van der Waals surface area (Å²) in [5.41, 5.74) is -0.477. The molecule has 2 heterocycles. The van der Waals surface area contributed by atoms with Crippen molar-refractivity contribution in [3.05, 3.63) is 0 Å². The van der Waals surface area contributed by atoms with Crippen LogP contribution >= 0.6 is 0 Å². The minimum Gasteiger partial charge on any atom is -0.444 e. The number of ether oxygens (including phenoxy) is 1. The largest absolute Gasteiger partial charge is 0.444 e. The fraction of sp³-hybridized carbons (Fsp3) is 0.900. The molecule has 2 unspecified atom stereocenters. The van der Waals surface area contributed by atoms with E-state index in [0.717, 1.165) is 31.5 Å². The normalized spacial score (nSPS) is 25.8. The van der Waals surface area contributed by atoms with Gasteiger partial charge in [0.15, 0.2) is 0 Å². The third kappa shape index (κ3) is 6.78. The Balaban J connectivity index is 1.66. The van der Waals surface area contributed by atoms with Crippen LogP contribution in [0.1, 0.15) is 53.9 Å². The maximum absolute atomic E-state index is 12.4. The minimum atomic E-state index is -0.477. The molecule has 0 spiro atoms. The minimum absolute atomic E-state index is 0.00731. The van der Waals surface area contributed by atoms with Crippen LogP contribution in [-0.2, 0) is 9.53 Å². The van der Waals surface area contributed by atoms with Gasteiger partial charge in [-0.05, 0) is 51.9 Å². The Morgan fingerprint density at radius 2 is 1.65 bits per heavy atom. The van der Waals surface area contributed by atoms with Crippen LogP contribution in [0.2, 0.25) is 0 Å². The van der Waals surface area contributed by atoms with Gasteiger partial charge in [0, 0.05) is 45.2 Å². The van der Waals surface area contributed by atoms with Crippen molar-refractivity contribution in [1.29, 1.82) is 0 Å². The van der Waals surface area contributed by atoms with Gasteiger partial charge in [-0.15, -0.1) is 0 Å². The number of piperidine rings is 2. The second-order valence-electron chi connectivity index (χ2n) is 9.24. The molecular formula is C20H37N3O3. The van der Waals surface area contributed by atoms with Crippen molar-refractivity contribution >= 4 is 12.0 Å². The van der Waals surface area contributed by atoms with Gasteiger partial charge in [-0.2, -0.15) is 0 Å². The van der Waals surface area contributed by atoms with Crippen LogP contribution in [0.5, 0.6) is 0 Å². The van der Waals surface area contributed by atoms with Gasteiger partial charge in [-0.1, -0.05) is 13.8 Å². The van der Waals surface area contributed by atoms with Crippen molar-refractivity contribution in [2.45, 2.75) is 59.5 Å². The number of rotatable bonds is 4. The summed E-state index contributed by atoms with van der Waals surface area (Å²) in [5, 5.41) is 3.10. The number of nitrogens with one attached hydrogen (secondary N) is 1. The Bertz CT molecular complexity index is 471. The van der Waals surface area contributed by atoms with E-state index in [1.807, 2.05) is 20.8 Å². The molecule has 0 bridgehead atoms. The van der Waals surface area contributed by atoms with E-state index < -0.39 is 5.60 Å². The Morgan fingerprint density at radius 1 is 1.08 bits per heavy atom. The molecule has 2 aliphatic heterocycles. The molecule has 0 aliphatic carbocycles. The predicted octanol–water partition coefficient (Wildman–Crippen LogP) is 2.73. The molecular weight excluding hydrogens is 330 g/mol. The van der Waals surface area contributed by atoms with Crippen LogP contribution in [0.3, 0.4) is 0 Å².